The topological polar surface area (TPSA) is 9.23 Å². The van der Waals surface area contributed by atoms with Crippen LogP contribution >= 0.6 is 0 Å². The van der Waals surface area contributed by atoms with Crippen LogP contribution in [0.4, 0.5) is 13.2 Å². The van der Waals surface area contributed by atoms with Crippen molar-refractivity contribution in [2.24, 2.45) is 0 Å². The maximum absolute atomic E-state index is 12.1. The first kappa shape index (κ1) is 14.2. The predicted molar refractivity (Wildman–Crippen MR) is 70.8 cm³/mol. The van der Waals surface area contributed by atoms with E-state index < -0.39 is 20.0 Å². The second-order valence-corrected chi connectivity index (χ2v) is 6.53. The number of aryl methyl sites for hydroxylation is 1. The van der Waals surface area contributed by atoms with E-state index in [1.165, 1.54) is 0 Å². The Morgan fingerprint density at radius 1 is 1.05 bits per heavy atom. The zero-order chi connectivity index (χ0) is 13.9. The van der Waals surface area contributed by atoms with Crippen LogP contribution in [0.15, 0.2) is 36.4 Å². The zero-order valence-corrected chi connectivity index (χ0v) is 12.0. The molecule has 0 aromatic heterocycles. The van der Waals surface area contributed by atoms with Gasteiger partial charge in [0.25, 0.3) is 0 Å². The van der Waals surface area contributed by atoms with Crippen molar-refractivity contribution in [1.82, 2.24) is 0 Å². The summed E-state index contributed by atoms with van der Waals surface area (Å²) in [6.07, 6.45) is 0.474. The van der Waals surface area contributed by atoms with E-state index in [1.807, 2.05) is 36.4 Å². The summed E-state index contributed by atoms with van der Waals surface area (Å²) in [7, 11) is 1.61. The second-order valence-electron chi connectivity index (χ2n) is 4.09. The van der Waals surface area contributed by atoms with E-state index in [9.17, 15) is 13.2 Å². The molecule has 2 aromatic carbocycles. The summed E-state index contributed by atoms with van der Waals surface area (Å²) >= 11 is -1.29. The van der Waals surface area contributed by atoms with Gasteiger partial charge in [-0.25, -0.2) is 0 Å². The third kappa shape index (κ3) is 4.15. The van der Waals surface area contributed by atoms with Crippen LogP contribution in [0.1, 0.15) is 5.56 Å². The van der Waals surface area contributed by atoms with Crippen LogP contribution in [0.5, 0.6) is 5.75 Å². The molecule has 1 nitrogen and oxygen atoms in total. The molecule has 0 aliphatic heterocycles. The van der Waals surface area contributed by atoms with Crippen molar-refractivity contribution in [2.75, 3.05) is 7.11 Å². The molecule has 0 aliphatic rings. The molecule has 2 aromatic rings. The number of alkyl halides is 3. The fraction of sp³-hybridized carbons (Fsp3) is 0.286. The number of benzene rings is 2. The molecule has 0 saturated carbocycles. The van der Waals surface area contributed by atoms with Crippen molar-refractivity contribution in [3.8, 4) is 5.75 Å². The van der Waals surface area contributed by atoms with Crippen LogP contribution in [0, 0.1) is 0 Å². The van der Waals surface area contributed by atoms with Crippen molar-refractivity contribution in [3.05, 3.63) is 42.0 Å². The van der Waals surface area contributed by atoms with E-state index in [1.54, 1.807) is 7.11 Å². The standard InChI is InChI=1S/C14H13F3OSe/c1-18-13-5-4-11-8-10(2-3-12(11)9-13)6-7-19-14(15,16)17/h2-5,8-9H,6-7H2,1H3. The Morgan fingerprint density at radius 3 is 2.42 bits per heavy atom. The number of methoxy groups -OCH3 is 1. The molecule has 0 heterocycles. The van der Waals surface area contributed by atoms with Crippen molar-refractivity contribution in [2.45, 2.75) is 16.8 Å². The van der Waals surface area contributed by atoms with Gasteiger partial charge in [-0.15, -0.1) is 0 Å². The van der Waals surface area contributed by atoms with Gasteiger partial charge in [-0.1, -0.05) is 0 Å². The molecule has 19 heavy (non-hydrogen) atoms. The Hall–Kier alpha value is -1.19. The number of fused-ring (bicyclic) bond motifs is 1. The van der Waals surface area contributed by atoms with E-state index in [2.05, 4.69) is 0 Å². The molecule has 0 fully saturated rings. The summed E-state index contributed by atoms with van der Waals surface area (Å²) in [5.74, 6) is 0.778. The van der Waals surface area contributed by atoms with Crippen LogP contribution in [0.3, 0.4) is 0 Å². The Morgan fingerprint density at radius 2 is 1.74 bits per heavy atom. The van der Waals surface area contributed by atoms with E-state index in [0.717, 1.165) is 22.1 Å². The Balaban J connectivity index is 2.09. The van der Waals surface area contributed by atoms with E-state index in [-0.39, 0.29) is 5.32 Å². The zero-order valence-electron chi connectivity index (χ0n) is 10.3. The molecule has 2 rings (SSSR count). The molecule has 0 radical (unpaired) electrons. The molecule has 0 N–H and O–H groups in total. The van der Waals surface area contributed by atoms with Gasteiger partial charge < -0.3 is 0 Å². The predicted octanol–water partition coefficient (Wildman–Crippen LogP) is 4.03. The van der Waals surface area contributed by atoms with Gasteiger partial charge in [0.1, 0.15) is 0 Å². The van der Waals surface area contributed by atoms with Crippen molar-refractivity contribution in [1.29, 1.82) is 0 Å². The number of hydrogen-bond acceptors (Lipinski definition) is 1. The summed E-state index contributed by atoms with van der Waals surface area (Å²) in [4.78, 5) is 0. The van der Waals surface area contributed by atoms with Gasteiger partial charge in [-0.05, 0) is 0 Å². The van der Waals surface area contributed by atoms with Crippen LogP contribution in [-0.2, 0) is 6.42 Å². The number of ether oxygens (including phenoxy) is 1. The summed E-state index contributed by atoms with van der Waals surface area (Å²) in [6.45, 7) is 0. The van der Waals surface area contributed by atoms with E-state index in [4.69, 9.17) is 4.74 Å². The molecule has 0 unspecified atom stereocenters. The number of halogens is 3. The molecule has 0 atom stereocenters. The summed E-state index contributed by atoms with van der Waals surface area (Å²) in [5.41, 5.74) is 0.948. The Kier molecular flexibility index (Phi) is 4.38. The van der Waals surface area contributed by atoms with E-state index >= 15 is 0 Å². The summed E-state index contributed by atoms with van der Waals surface area (Å²) in [6, 6.07) is 11.4. The minimum absolute atomic E-state index is 0.193. The van der Waals surface area contributed by atoms with Gasteiger partial charge in [0.05, 0.1) is 0 Å². The van der Waals surface area contributed by atoms with Gasteiger partial charge in [0, 0.05) is 0 Å². The SMILES string of the molecule is COc1ccc2cc(CC[Se]C(F)(F)F)ccc2c1. The fourth-order valence-corrected chi connectivity index (χ4v) is 3.03. The average Bonchev–Trinajstić information content (AvgIpc) is 2.36. The van der Waals surface area contributed by atoms with Crippen LogP contribution in [0.2, 0.25) is 5.32 Å². The number of rotatable bonds is 4. The molecule has 0 spiro atoms. The quantitative estimate of drug-likeness (QED) is 0.768. The minimum atomic E-state index is -4.00. The fourth-order valence-electron chi connectivity index (χ4n) is 1.84. The maximum atomic E-state index is 12.1. The van der Waals surface area contributed by atoms with Crippen molar-refractivity contribution >= 4 is 25.7 Å². The summed E-state index contributed by atoms with van der Waals surface area (Å²) in [5, 5.41) is -1.75. The van der Waals surface area contributed by atoms with Crippen LogP contribution in [0.25, 0.3) is 10.8 Å². The number of hydrogen-bond donors (Lipinski definition) is 0. The van der Waals surface area contributed by atoms with Gasteiger partial charge in [-0.2, -0.15) is 0 Å². The molecule has 0 amide bonds. The molecular formula is C14H13F3OSe. The Labute approximate surface area is 115 Å². The second kappa shape index (κ2) is 5.85. The summed E-state index contributed by atoms with van der Waals surface area (Å²) < 4.78 is 41.5. The first-order valence-electron chi connectivity index (χ1n) is 5.75. The van der Waals surface area contributed by atoms with Gasteiger partial charge in [0.2, 0.25) is 0 Å². The van der Waals surface area contributed by atoms with Gasteiger partial charge >= 0.3 is 115 Å². The average molecular weight is 333 g/mol. The van der Waals surface area contributed by atoms with Crippen molar-refractivity contribution in [3.63, 3.8) is 0 Å². The molecule has 0 aliphatic carbocycles. The third-order valence-electron chi connectivity index (χ3n) is 2.77. The van der Waals surface area contributed by atoms with Crippen LogP contribution < -0.4 is 4.74 Å². The first-order chi connectivity index (χ1) is 8.98. The third-order valence-corrected chi connectivity index (χ3v) is 4.31. The monoisotopic (exact) mass is 334 g/mol. The Bertz CT molecular complexity index is 566. The van der Waals surface area contributed by atoms with E-state index in [0.29, 0.717) is 6.42 Å². The molecule has 5 heteroatoms. The molecule has 0 bridgehead atoms. The molecular weight excluding hydrogens is 320 g/mol. The van der Waals surface area contributed by atoms with Crippen molar-refractivity contribution < 1.29 is 17.9 Å². The first-order valence-corrected chi connectivity index (χ1v) is 7.82. The van der Waals surface area contributed by atoms with Gasteiger partial charge in [0.15, 0.2) is 0 Å². The molecule has 102 valence electrons. The van der Waals surface area contributed by atoms with Gasteiger partial charge in [-0.3, -0.25) is 0 Å². The normalized spacial score (nSPS) is 11.8. The van der Waals surface area contributed by atoms with Crippen LogP contribution in [-0.4, -0.2) is 27.1 Å². The molecule has 0 saturated heterocycles.